The number of ether oxygens (including phenoxy) is 2. The Kier molecular flexibility index (Phi) is 7.36. The maximum absolute atomic E-state index is 12.5. The Morgan fingerprint density at radius 3 is 2.39 bits per heavy atom. The Balaban J connectivity index is 1.99. The molecule has 1 aliphatic rings. The van der Waals surface area contributed by atoms with Crippen molar-refractivity contribution in [2.45, 2.75) is 25.4 Å². The normalized spacial score (nSPS) is 17.8. The van der Waals surface area contributed by atoms with Gasteiger partial charge in [0.1, 0.15) is 11.8 Å². The maximum atomic E-state index is 12.5. The van der Waals surface area contributed by atoms with Gasteiger partial charge in [-0.05, 0) is 31.5 Å². The molecule has 1 heterocycles. The number of aliphatic carboxylic acids is 1. The predicted molar refractivity (Wildman–Crippen MR) is 101 cm³/mol. The van der Waals surface area contributed by atoms with Crippen molar-refractivity contribution in [2.75, 3.05) is 40.0 Å². The van der Waals surface area contributed by atoms with E-state index < -0.39 is 23.5 Å². The van der Waals surface area contributed by atoms with Crippen molar-refractivity contribution in [3.63, 3.8) is 0 Å². The van der Waals surface area contributed by atoms with Gasteiger partial charge in [-0.2, -0.15) is 0 Å². The van der Waals surface area contributed by atoms with Gasteiger partial charge in [0.05, 0.1) is 26.9 Å². The van der Waals surface area contributed by atoms with Crippen LogP contribution in [0.25, 0.3) is 0 Å². The summed E-state index contributed by atoms with van der Waals surface area (Å²) in [7, 11) is 1.51. The fraction of sp³-hybridized carbons (Fsp3) is 0.526. The van der Waals surface area contributed by atoms with E-state index in [0.717, 1.165) is 0 Å². The highest BCUT2D eigenvalue weighted by Crippen LogP contribution is 2.24. The molecule has 1 saturated heterocycles. The molecule has 0 saturated carbocycles. The topological polar surface area (TPSA) is 117 Å². The average Bonchev–Trinajstić information content (AvgIpc) is 2.68. The van der Waals surface area contributed by atoms with Gasteiger partial charge >= 0.3 is 5.97 Å². The number of carbonyl (C=O) groups excluding carboxylic acids is 2. The number of hydrogen-bond donors (Lipinski definition) is 3. The molecule has 3 N–H and O–H groups in total. The van der Waals surface area contributed by atoms with Crippen LogP contribution in [0.1, 0.15) is 19.4 Å². The monoisotopic (exact) mass is 393 g/mol. The standard InChI is InChI=1S/C19H27N3O6/c1-13(20-16(23)12-22-8-10-28-11-9-22)17(24)21-19(2,18(25)26)14-4-6-15(27-3)7-5-14/h4-7,13H,8-12H2,1-3H3,(H,20,23)(H,21,24)(H,25,26)/t13-,19?/m0/s1. The summed E-state index contributed by atoms with van der Waals surface area (Å²) in [5.74, 6) is -1.52. The second-order valence-corrected chi connectivity index (χ2v) is 6.83. The Labute approximate surface area is 164 Å². The average molecular weight is 393 g/mol. The zero-order valence-electron chi connectivity index (χ0n) is 16.4. The van der Waals surface area contributed by atoms with Gasteiger partial charge < -0.3 is 25.2 Å². The van der Waals surface area contributed by atoms with Crippen molar-refractivity contribution in [3.05, 3.63) is 29.8 Å². The summed E-state index contributed by atoms with van der Waals surface area (Å²) in [6.07, 6.45) is 0. The van der Waals surface area contributed by atoms with Gasteiger partial charge in [0.15, 0.2) is 5.54 Å². The molecular formula is C19H27N3O6. The van der Waals surface area contributed by atoms with Crippen molar-refractivity contribution in [2.24, 2.45) is 0 Å². The van der Waals surface area contributed by atoms with Crippen LogP contribution in [0.3, 0.4) is 0 Å². The molecule has 0 radical (unpaired) electrons. The first-order valence-electron chi connectivity index (χ1n) is 9.05. The molecule has 2 atom stereocenters. The Hall–Kier alpha value is -2.65. The summed E-state index contributed by atoms with van der Waals surface area (Å²) in [5.41, 5.74) is -1.26. The number of carboxylic acid groups (broad SMARTS) is 1. The van der Waals surface area contributed by atoms with Crippen LogP contribution in [0.2, 0.25) is 0 Å². The maximum Gasteiger partial charge on any atom is 0.333 e. The number of rotatable bonds is 8. The van der Waals surface area contributed by atoms with Crippen LogP contribution in [0.4, 0.5) is 0 Å². The molecule has 154 valence electrons. The van der Waals surface area contributed by atoms with Gasteiger partial charge in [-0.1, -0.05) is 12.1 Å². The molecule has 0 aliphatic carbocycles. The molecule has 0 aromatic heterocycles. The number of carboxylic acids is 1. The van der Waals surface area contributed by atoms with Crippen LogP contribution in [-0.2, 0) is 24.7 Å². The SMILES string of the molecule is COc1ccc(C(C)(NC(=O)[C@H](C)NC(=O)CN2CCOCC2)C(=O)O)cc1. The molecule has 0 spiro atoms. The minimum absolute atomic E-state index is 0.162. The third-order valence-corrected chi connectivity index (χ3v) is 4.71. The lowest BCUT2D eigenvalue weighted by atomic mass is 9.91. The second kappa shape index (κ2) is 9.52. The zero-order chi connectivity index (χ0) is 20.7. The highest BCUT2D eigenvalue weighted by molar-refractivity contribution is 5.92. The molecule has 9 nitrogen and oxygen atoms in total. The summed E-state index contributed by atoms with van der Waals surface area (Å²) >= 11 is 0. The molecule has 1 aliphatic heterocycles. The molecule has 1 aromatic rings. The van der Waals surface area contributed by atoms with Crippen LogP contribution < -0.4 is 15.4 Å². The lowest BCUT2D eigenvalue weighted by Gasteiger charge is -2.29. The molecule has 1 fully saturated rings. The van der Waals surface area contributed by atoms with Crippen molar-refractivity contribution in [1.82, 2.24) is 15.5 Å². The van der Waals surface area contributed by atoms with E-state index in [0.29, 0.717) is 37.6 Å². The van der Waals surface area contributed by atoms with Crippen LogP contribution in [-0.4, -0.2) is 73.8 Å². The summed E-state index contributed by atoms with van der Waals surface area (Å²) in [6, 6.07) is 5.52. The quantitative estimate of drug-likeness (QED) is 0.567. The Bertz CT molecular complexity index is 702. The van der Waals surface area contributed by atoms with E-state index in [-0.39, 0.29) is 12.5 Å². The number of benzene rings is 1. The van der Waals surface area contributed by atoms with E-state index in [2.05, 4.69) is 10.6 Å². The molecular weight excluding hydrogens is 366 g/mol. The number of morpholine rings is 1. The molecule has 2 amide bonds. The van der Waals surface area contributed by atoms with Gasteiger partial charge in [-0.15, -0.1) is 0 Å². The van der Waals surface area contributed by atoms with Crippen molar-refractivity contribution < 1.29 is 29.0 Å². The fourth-order valence-corrected chi connectivity index (χ4v) is 2.84. The Morgan fingerprint density at radius 1 is 1.25 bits per heavy atom. The summed E-state index contributed by atoms with van der Waals surface area (Å²) in [4.78, 5) is 38.5. The highest BCUT2D eigenvalue weighted by atomic mass is 16.5. The van der Waals surface area contributed by atoms with Gasteiger partial charge in [-0.25, -0.2) is 4.79 Å². The smallest absolute Gasteiger partial charge is 0.333 e. The van der Waals surface area contributed by atoms with Gasteiger partial charge in [0.2, 0.25) is 11.8 Å². The number of nitrogens with one attached hydrogen (secondary N) is 2. The summed E-state index contributed by atoms with van der Waals surface area (Å²) in [5, 5.41) is 14.8. The first-order chi connectivity index (χ1) is 13.3. The van der Waals surface area contributed by atoms with Crippen LogP contribution in [0.5, 0.6) is 5.75 Å². The second-order valence-electron chi connectivity index (χ2n) is 6.83. The van der Waals surface area contributed by atoms with E-state index in [1.54, 1.807) is 24.3 Å². The lowest BCUT2D eigenvalue weighted by Crippen LogP contribution is -2.56. The van der Waals surface area contributed by atoms with E-state index in [1.165, 1.54) is 21.0 Å². The number of amides is 2. The summed E-state index contributed by atoms with van der Waals surface area (Å²) < 4.78 is 10.3. The molecule has 2 rings (SSSR count). The highest BCUT2D eigenvalue weighted by Gasteiger charge is 2.38. The van der Waals surface area contributed by atoms with Crippen molar-refractivity contribution in [3.8, 4) is 5.75 Å². The van der Waals surface area contributed by atoms with Crippen molar-refractivity contribution in [1.29, 1.82) is 0 Å². The van der Waals surface area contributed by atoms with Gasteiger partial charge in [-0.3, -0.25) is 14.5 Å². The first-order valence-corrected chi connectivity index (χ1v) is 9.05. The molecule has 28 heavy (non-hydrogen) atoms. The number of carbonyl (C=O) groups is 3. The third kappa shape index (κ3) is 5.43. The van der Waals surface area contributed by atoms with E-state index >= 15 is 0 Å². The number of hydrogen-bond acceptors (Lipinski definition) is 6. The largest absolute Gasteiger partial charge is 0.497 e. The van der Waals surface area contributed by atoms with E-state index in [9.17, 15) is 19.5 Å². The number of methoxy groups -OCH3 is 1. The first kappa shape index (κ1) is 21.6. The number of nitrogens with zero attached hydrogens (tertiary/aromatic N) is 1. The van der Waals surface area contributed by atoms with Gasteiger partial charge in [0.25, 0.3) is 0 Å². The van der Waals surface area contributed by atoms with Crippen molar-refractivity contribution >= 4 is 17.8 Å². The summed E-state index contributed by atoms with van der Waals surface area (Å²) in [6.45, 7) is 5.53. The Morgan fingerprint density at radius 2 is 1.86 bits per heavy atom. The predicted octanol–water partition coefficient (Wildman–Crippen LogP) is -0.0519. The van der Waals surface area contributed by atoms with Crippen LogP contribution >= 0.6 is 0 Å². The molecule has 0 bridgehead atoms. The van der Waals surface area contributed by atoms with Gasteiger partial charge in [0, 0.05) is 13.1 Å². The van der Waals surface area contributed by atoms with E-state index in [4.69, 9.17) is 9.47 Å². The minimum Gasteiger partial charge on any atom is -0.497 e. The van der Waals surface area contributed by atoms with E-state index in [1.807, 2.05) is 4.90 Å². The molecule has 9 heteroatoms. The minimum atomic E-state index is -1.65. The lowest BCUT2D eigenvalue weighted by molar-refractivity contribution is -0.147. The third-order valence-electron chi connectivity index (χ3n) is 4.71. The van der Waals surface area contributed by atoms with Crippen LogP contribution in [0.15, 0.2) is 24.3 Å². The molecule has 1 unspecified atom stereocenters. The molecule has 1 aromatic carbocycles. The zero-order valence-corrected chi connectivity index (χ0v) is 16.4. The fourth-order valence-electron chi connectivity index (χ4n) is 2.84. The van der Waals surface area contributed by atoms with Crippen LogP contribution in [0, 0.1) is 0 Å².